The molecule has 4 rings (SSSR count). The first-order chi connectivity index (χ1) is 20.0. The summed E-state index contributed by atoms with van der Waals surface area (Å²) in [4.78, 5) is 0. The molecule has 228 valence electrons. The molecule has 0 N–H and O–H groups in total. The van der Waals surface area contributed by atoms with Crippen molar-refractivity contribution >= 4 is 18.7 Å². The molecular weight excluding hydrogens is 544 g/mol. The predicted molar refractivity (Wildman–Crippen MR) is 171 cm³/mol. The molecule has 0 aliphatic carbocycles. The van der Waals surface area contributed by atoms with Gasteiger partial charge in [0.15, 0.2) is 6.79 Å². The van der Waals surface area contributed by atoms with Gasteiger partial charge < -0.3 is 28.1 Å². The maximum atomic E-state index is 7.28. The Labute approximate surface area is 253 Å². The molecule has 0 fully saturated rings. The Kier molecular flexibility index (Phi) is 10.5. The van der Waals surface area contributed by atoms with Gasteiger partial charge in [0.25, 0.3) is 8.32 Å². The molecule has 42 heavy (non-hydrogen) atoms. The second kappa shape index (κ2) is 13.7. The zero-order valence-corrected chi connectivity index (χ0v) is 27.6. The molecule has 6 nitrogen and oxygen atoms in total. The normalized spacial score (nSPS) is 17.4. The van der Waals surface area contributed by atoms with E-state index in [0.29, 0.717) is 6.61 Å². The van der Waals surface area contributed by atoms with Gasteiger partial charge in [0, 0.05) is 26.4 Å². The van der Waals surface area contributed by atoms with Crippen LogP contribution in [0.15, 0.2) is 72.8 Å². The van der Waals surface area contributed by atoms with Crippen molar-refractivity contribution in [2.24, 2.45) is 0 Å². The van der Waals surface area contributed by atoms with Crippen LogP contribution in [0.25, 0.3) is 0 Å². The fourth-order valence-electron chi connectivity index (χ4n) is 6.08. The van der Waals surface area contributed by atoms with Gasteiger partial charge in [-0.05, 0) is 72.6 Å². The lowest BCUT2D eigenvalue weighted by Gasteiger charge is -2.44. The van der Waals surface area contributed by atoms with E-state index in [0.717, 1.165) is 35.5 Å². The van der Waals surface area contributed by atoms with Crippen molar-refractivity contribution in [2.45, 2.75) is 77.0 Å². The number of methoxy groups -OCH3 is 2. The fourth-order valence-corrected chi connectivity index (χ4v) is 10.7. The SMILES string of the molecule is COCOc1cc2c(cc1C)O[C@@H](C(C)(C)OCOC)C[C@H]2CCO[Si](c1ccccc1)(c1ccccc1)C(C)(C)C. The molecule has 0 amide bonds. The largest absolute Gasteiger partial charge is 0.487 e. The van der Waals surface area contributed by atoms with Crippen LogP contribution in [-0.4, -0.2) is 54.4 Å². The van der Waals surface area contributed by atoms with E-state index in [2.05, 4.69) is 107 Å². The first kappa shape index (κ1) is 32.2. The van der Waals surface area contributed by atoms with E-state index in [9.17, 15) is 0 Å². The van der Waals surface area contributed by atoms with E-state index >= 15 is 0 Å². The second-order valence-electron chi connectivity index (χ2n) is 12.7. The maximum Gasteiger partial charge on any atom is 0.261 e. The van der Waals surface area contributed by atoms with E-state index in [1.54, 1.807) is 14.2 Å². The molecule has 3 aromatic rings. The molecule has 3 aromatic carbocycles. The number of benzene rings is 3. The van der Waals surface area contributed by atoms with Crippen molar-refractivity contribution in [3.8, 4) is 11.5 Å². The Morgan fingerprint density at radius 1 is 0.833 bits per heavy atom. The highest BCUT2D eigenvalue weighted by Gasteiger charge is 2.50. The van der Waals surface area contributed by atoms with Gasteiger partial charge in [-0.1, -0.05) is 81.4 Å². The molecular formula is C35H48O6Si. The van der Waals surface area contributed by atoms with Crippen molar-refractivity contribution in [2.75, 3.05) is 34.4 Å². The number of fused-ring (bicyclic) bond motifs is 1. The molecule has 0 saturated carbocycles. The Morgan fingerprint density at radius 3 is 1.98 bits per heavy atom. The van der Waals surface area contributed by atoms with Gasteiger partial charge in [-0.25, -0.2) is 0 Å². The summed E-state index contributed by atoms with van der Waals surface area (Å²) in [5.41, 5.74) is 1.60. The van der Waals surface area contributed by atoms with Crippen molar-refractivity contribution < 1.29 is 28.1 Å². The molecule has 1 aliphatic rings. The van der Waals surface area contributed by atoms with Gasteiger partial charge >= 0.3 is 0 Å². The summed E-state index contributed by atoms with van der Waals surface area (Å²) in [6, 6.07) is 25.8. The number of hydrogen-bond donors (Lipinski definition) is 0. The summed E-state index contributed by atoms with van der Waals surface area (Å²) in [6.07, 6.45) is 1.48. The summed E-state index contributed by atoms with van der Waals surface area (Å²) >= 11 is 0. The standard InChI is InChI=1S/C35H48O6Si/c1-26-21-32-30(23-31(26)38-24-36-7)27(22-33(41-32)35(5,6)39-25-37-8)19-20-40-42(34(2,3)4,28-15-11-9-12-16-28)29-17-13-10-14-18-29/h9-18,21,23,27,33H,19-20,22,24-25H2,1-8H3/t27-,33-/m1/s1. The Morgan fingerprint density at radius 2 is 1.43 bits per heavy atom. The highest BCUT2D eigenvalue weighted by Crippen LogP contribution is 2.45. The quantitative estimate of drug-likeness (QED) is 0.165. The molecule has 0 radical (unpaired) electrons. The van der Waals surface area contributed by atoms with E-state index < -0.39 is 13.9 Å². The summed E-state index contributed by atoms with van der Waals surface area (Å²) in [6.45, 7) is 14.1. The summed E-state index contributed by atoms with van der Waals surface area (Å²) in [5, 5.41) is 2.49. The number of rotatable bonds is 13. The minimum absolute atomic E-state index is 0.0833. The monoisotopic (exact) mass is 592 g/mol. The highest BCUT2D eigenvalue weighted by molar-refractivity contribution is 6.99. The third kappa shape index (κ3) is 6.92. The van der Waals surface area contributed by atoms with Crippen LogP contribution < -0.4 is 19.8 Å². The average Bonchev–Trinajstić information content (AvgIpc) is 2.97. The van der Waals surface area contributed by atoms with Crippen molar-refractivity contribution in [1.29, 1.82) is 0 Å². The number of aryl methyl sites for hydroxylation is 1. The van der Waals surface area contributed by atoms with E-state index in [1.807, 2.05) is 6.92 Å². The summed E-state index contributed by atoms with van der Waals surface area (Å²) in [7, 11) is 0.628. The number of hydrogen-bond acceptors (Lipinski definition) is 6. The zero-order chi connectivity index (χ0) is 30.4. The summed E-state index contributed by atoms with van der Waals surface area (Å²) in [5.74, 6) is 1.87. The van der Waals surface area contributed by atoms with Gasteiger partial charge in [-0.15, -0.1) is 0 Å². The van der Waals surface area contributed by atoms with Crippen LogP contribution in [0.5, 0.6) is 11.5 Å². The fraction of sp³-hybridized carbons (Fsp3) is 0.486. The van der Waals surface area contributed by atoms with Crippen LogP contribution in [0, 0.1) is 6.92 Å². The molecule has 1 aliphatic heterocycles. The maximum absolute atomic E-state index is 7.28. The van der Waals surface area contributed by atoms with Gasteiger partial charge in [0.2, 0.25) is 0 Å². The molecule has 2 atom stereocenters. The third-order valence-corrected chi connectivity index (χ3v) is 13.4. The molecule has 0 unspecified atom stereocenters. The van der Waals surface area contributed by atoms with Crippen LogP contribution in [0.3, 0.4) is 0 Å². The second-order valence-corrected chi connectivity index (χ2v) is 17.0. The van der Waals surface area contributed by atoms with Crippen LogP contribution >= 0.6 is 0 Å². The van der Waals surface area contributed by atoms with Crippen molar-refractivity contribution in [3.63, 3.8) is 0 Å². The van der Waals surface area contributed by atoms with Crippen molar-refractivity contribution in [3.05, 3.63) is 83.9 Å². The van der Waals surface area contributed by atoms with Crippen molar-refractivity contribution in [1.82, 2.24) is 0 Å². The van der Waals surface area contributed by atoms with E-state index in [4.69, 9.17) is 28.1 Å². The van der Waals surface area contributed by atoms with E-state index in [-0.39, 0.29) is 30.6 Å². The Bertz CT molecular complexity index is 1230. The lowest BCUT2D eigenvalue weighted by molar-refractivity contribution is -0.158. The van der Waals surface area contributed by atoms with Crippen LogP contribution in [-0.2, 0) is 18.6 Å². The Hall–Kier alpha value is -2.68. The average molecular weight is 593 g/mol. The third-order valence-electron chi connectivity index (χ3n) is 8.37. The lowest BCUT2D eigenvalue weighted by atomic mass is 9.82. The summed E-state index contributed by atoms with van der Waals surface area (Å²) < 4.78 is 36.3. The first-order valence-electron chi connectivity index (χ1n) is 14.8. The molecule has 0 saturated heterocycles. The molecule has 1 heterocycles. The van der Waals surface area contributed by atoms with Crippen LogP contribution in [0.1, 0.15) is 64.5 Å². The Balaban J connectivity index is 1.69. The molecule has 7 heteroatoms. The molecule has 0 spiro atoms. The first-order valence-corrected chi connectivity index (χ1v) is 16.7. The van der Waals surface area contributed by atoms with Crippen LogP contribution in [0.4, 0.5) is 0 Å². The lowest BCUT2D eigenvalue weighted by Crippen LogP contribution is -2.66. The minimum Gasteiger partial charge on any atom is -0.487 e. The van der Waals surface area contributed by atoms with Crippen LogP contribution in [0.2, 0.25) is 5.04 Å². The topological polar surface area (TPSA) is 55.4 Å². The highest BCUT2D eigenvalue weighted by atomic mass is 28.4. The van der Waals surface area contributed by atoms with E-state index in [1.165, 1.54) is 10.4 Å². The van der Waals surface area contributed by atoms with Gasteiger partial charge in [-0.3, -0.25) is 0 Å². The molecule has 0 aromatic heterocycles. The molecule has 0 bridgehead atoms. The van der Waals surface area contributed by atoms with Gasteiger partial charge in [0.1, 0.15) is 30.0 Å². The van der Waals surface area contributed by atoms with Gasteiger partial charge in [-0.2, -0.15) is 0 Å². The minimum atomic E-state index is -2.65. The van der Waals surface area contributed by atoms with Gasteiger partial charge in [0.05, 0.1) is 0 Å². The zero-order valence-electron chi connectivity index (χ0n) is 26.6. The number of ether oxygens (including phenoxy) is 5. The smallest absolute Gasteiger partial charge is 0.261 e. The predicted octanol–water partition coefficient (Wildman–Crippen LogP) is 6.58.